The average molecular weight is 374 g/mol. The first-order valence-electron chi connectivity index (χ1n) is 9.49. The molecule has 0 N–H and O–H groups in total. The third kappa shape index (κ3) is 4.37. The Labute approximate surface area is 158 Å². The third-order valence-corrected chi connectivity index (χ3v) is 5.42. The topological polar surface area (TPSA) is 9.23 Å². The molecule has 0 radical (unpaired) electrons. The van der Waals surface area contributed by atoms with Gasteiger partial charge in [0.05, 0.1) is 6.61 Å². The number of halogens is 3. The van der Waals surface area contributed by atoms with Gasteiger partial charge < -0.3 is 4.74 Å². The molecule has 0 amide bonds. The number of hydrogen-bond acceptors (Lipinski definition) is 1. The molecule has 3 rings (SSSR count). The van der Waals surface area contributed by atoms with E-state index in [0.717, 1.165) is 24.0 Å². The monoisotopic (exact) mass is 374 g/mol. The van der Waals surface area contributed by atoms with Gasteiger partial charge in [0.15, 0.2) is 11.6 Å². The van der Waals surface area contributed by atoms with E-state index in [1.54, 1.807) is 18.2 Å². The van der Waals surface area contributed by atoms with Crippen LogP contribution in [-0.4, -0.2) is 6.61 Å². The summed E-state index contributed by atoms with van der Waals surface area (Å²) in [4.78, 5) is 0. The lowest BCUT2D eigenvalue weighted by atomic mass is 9.76. The molecule has 144 valence electrons. The van der Waals surface area contributed by atoms with Crippen molar-refractivity contribution in [3.05, 3.63) is 77.1 Å². The molecular formula is C23H25F3O. The van der Waals surface area contributed by atoms with Crippen LogP contribution in [0.5, 0.6) is 5.75 Å². The third-order valence-electron chi connectivity index (χ3n) is 5.42. The first-order valence-corrected chi connectivity index (χ1v) is 9.49. The van der Waals surface area contributed by atoms with E-state index in [1.807, 2.05) is 19.1 Å². The quantitative estimate of drug-likeness (QED) is 0.399. The molecule has 0 bridgehead atoms. The van der Waals surface area contributed by atoms with Gasteiger partial charge in [-0.1, -0.05) is 24.3 Å². The maximum absolute atomic E-state index is 14.5. The van der Waals surface area contributed by atoms with Crippen LogP contribution in [0.15, 0.2) is 43.0 Å². The van der Waals surface area contributed by atoms with Crippen LogP contribution in [0.4, 0.5) is 13.2 Å². The predicted molar refractivity (Wildman–Crippen MR) is 102 cm³/mol. The smallest absolute Gasteiger partial charge is 0.200 e. The molecule has 2 aromatic carbocycles. The Bertz CT molecular complexity index is 808. The largest absolute Gasteiger partial charge is 0.490 e. The molecule has 0 unspecified atom stereocenters. The van der Waals surface area contributed by atoms with Crippen molar-refractivity contribution < 1.29 is 17.9 Å². The van der Waals surface area contributed by atoms with Gasteiger partial charge in [0.1, 0.15) is 5.82 Å². The highest BCUT2D eigenvalue weighted by atomic mass is 19.2. The lowest BCUT2D eigenvalue weighted by molar-refractivity contribution is 0.299. The molecule has 1 saturated carbocycles. The number of aryl methyl sites for hydroxylation is 1. The summed E-state index contributed by atoms with van der Waals surface area (Å²) in [5, 5.41) is 0. The SMILES string of the molecule is C=CCCOc1ccc(C2CCC(c3ccc(C)cc3F)CC2)c(F)c1F. The summed E-state index contributed by atoms with van der Waals surface area (Å²) in [5.41, 5.74) is 2.03. The molecule has 27 heavy (non-hydrogen) atoms. The van der Waals surface area contributed by atoms with Crippen molar-refractivity contribution in [3.63, 3.8) is 0 Å². The van der Waals surface area contributed by atoms with Gasteiger partial charge >= 0.3 is 0 Å². The number of hydrogen-bond donors (Lipinski definition) is 0. The van der Waals surface area contributed by atoms with E-state index in [4.69, 9.17) is 4.74 Å². The zero-order valence-electron chi connectivity index (χ0n) is 15.6. The van der Waals surface area contributed by atoms with Crippen LogP contribution in [0.3, 0.4) is 0 Å². The Morgan fingerprint density at radius 3 is 2.22 bits per heavy atom. The maximum atomic E-state index is 14.5. The number of ether oxygens (including phenoxy) is 1. The summed E-state index contributed by atoms with van der Waals surface area (Å²) >= 11 is 0. The van der Waals surface area contributed by atoms with Gasteiger partial charge in [0.25, 0.3) is 0 Å². The van der Waals surface area contributed by atoms with E-state index < -0.39 is 11.6 Å². The minimum absolute atomic E-state index is 0.0496. The average Bonchev–Trinajstić information content (AvgIpc) is 2.66. The molecule has 0 heterocycles. The highest BCUT2D eigenvalue weighted by molar-refractivity contribution is 5.34. The summed E-state index contributed by atoms with van der Waals surface area (Å²) in [6, 6.07) is 8.46. The van der Waals surface area contributed by atoms with Gasteiger partial charge in [-0.2, -0.15) is 4.39 Å². The fraction of sp³-hybridized carbons (Fsp3) is 0.391. The number of benzene rings is 2. The molecule has 0 spiro atoms. The van der Waals surface area contributed by atoms with Crippen LogP contribution in [0.25, 0.3) is 0 Å². The lowest BCUT2D eigenvalue weighted by Crippen LogP contribution is -2.15. The van der Waals surface area contributed by atoms with E-state index in [1.165, 1.54) is 6.07 Å². The minimum Gasteiger partial charge on any atom is -0.490 e. The van der Waals surface area contributed by atoms with Gasteiger partial charge in [0.2, 0.25) is 5.82 Å². The minimum atomic E-state index is -0.928. The Morgan fingerprint density at radius 1 is 0.963 bits per heavy atom. The standard InChI is InChI=1S/C23H25F3O/c1-3-4-13-27-21-12-11-19(22(25)23(21)26)17-8-6-16(7-9-17)18-10-5-15(2)14-20(18)24/h3,5,10-12,14,16-17H,1,4,6-9,13H2,2H3. The molecule has 1 nitrogen and oxygen atoms in total. The summed E-state index contributed by atoms with van der Waals surface area (Å²) in [7, 11) is 0. The highest BCUT2D eigenvalue weighted by Crippen LogP contribution is 2.42. The molecule has 2 aromatic rings. The second-order valence-electron chi connectivity index (χ2n) is 7.28. The Kier molecular flexibility index (Phi) is 6.25. The zero-order chi connectivity index (χ0) is 19.4. The van der Waals surface area contributed by atoms with Crippen molar-refractivity contribution in [3.8, 4) is 5.75 Å². The van der Waals surface area contributed by atoms with Crippen LogP contribution in [0.1, 0.15) is 60.6 Å². The first-order chi connectivity index (χ1) is 13.0. The van der Waals surface area contributed by atoms with Crippen molar-refractivity contribution in [2.24, 2.45) is 0 Å². The molecule has 1 aliphatic carbocycles. The molecule has 0 aliphatic heterocycles. The Balaban J connectivity index is 1.68. The van der Waals surface area contributed by atoms with Gasteiger partial charge in [-0.25, -0.2) is 8.78 Å². The van der Waals surface area contributed by atoms with Crippen molar-refractivity contribution in [1.82, 2.24) is 0 Å². The van der Waals surface area contributed by atoms with E-state index in [9.17, 15) is 13.2 Å². The normalized spacial score (nSPS) is 19.7. The van der Waals surface area contributed by atoms with E-state index in [0.29, 0.717) is 24.8 Å². The summed E-state index contributed by atoms with van der Waals surface area (Å²) < 4.78 is 48.3. The maximum Gasteiger partial charge on any atom is 0.200 e. The van der Waals surface area contributed by atoms with Crippen LogP contribution >= 0.6 is 0 Å². The molecule has 0 aromatic heterocycles. The van der Waals surface area contributed by atoms with Gasteiger partial charge in [-0.15, -0.1) is 6.58 Å². The summed E-state index contributed by atoms with van der Waals surface area (Å²) in [6.45, 7) is 5.71. The van der Waals surface area contributed by atoms with E-state index in [2.05, 4.69) is 6.58 Å². The van der Waals surface area contributed by atoms with Crippen molar-refractivity contribution in [2.75, 3.05) is 6.61 Å². The summed E-state index contributed by atoms with van der Waals surface area (Å²) in [6.07, 6.45) is 5.20. The van der Waals surface area contributed by atoms with Crippen LogP contribution in [-0.2, 0) is 0 Å². The van der Waals surface area contributed by atoms with Crippen LogP contribution in [0, 0.1) is 24.4 Å². The fourth-order valence-corrected chi connectivity index (χ4v) is 3.90. The molecule has 0 atom stereocenters. The molecule has 1 aliphatic rings. The summed E-state index contributed by atoms with van der Waals surface area (Å²) in [5.74, 6) is -1.90. The van der Waals surface area contributed by atoms with Gasteiger partial charge in [-0.3, -0.25) is 0 Å². The van der Waals surface area contributed by atoms with Crippen LogP contribution in [0.2, 0.25) is 0 Å². The molecular weight excluding hydrogens is 349 g/mol. The molecule has 0 saturated heterocycles. The van der Waals surface area contributed by atoms with Crippen molar-refractivity contribution >= 4 is 0 Å². The molecule has 1 fully saturated rings. The highest BCUT2D eigenvalue weighted by Gasteiger charge is 2.28. The van der Waals surface area contributed by atoms with Gasteiger partial charge in [0, 0.05) is 0 Å². The fourth-order valence-electron chi connectivity index (χ4n) is 3.90. The lowest BCUT2D eigenvalue weighted by Gasteiger charge is -2.29. The predicted octanol–water partition coefficient (Wildman–Crippen LogP) is 6.81. The number of rotatable bonds is 6. The second-order valence-corrected chi connectivity index (χ2v) is 7.28. The van der Waals surface area contributed by atoms with E-state index in [-0.39, 0.29) is 30.0 Å². The first kappa shape index (κ1) is 19.5. The van der Waals surface area contributed by atoms with Gasteiger partial charge in [-0.05, 0) is 79.7 Å². The van der Waals surface area contributed by atoms with Crippen molar-refractivity contribution in [1.29, 1.82) is 0 Å². The van der Waals surface area contributed by atoms with E-state index >= 15 is 0 Å². The Hall–Kier alpha value is -2.23. The van der Waals surface area contributed by atoms with Crippen LogP contribution < -0.4 is 4.74 Å². The zero-order valence-corrected chi connectivity index (χ0v) is 15.6. The molecule has 4 heteroatoms. The second kappa shape index (κ2) is 8.64. The van der Waals surface area contributed by atoms with Crippen molar-refractivity contribution in [2.45, 2.75) is 50.9 Å². The Morgan fingerprint density at radius 2 is 1.59 bits per heavy atom.